The van der Waals surface area contributed by atoms with Gasteiger partial charge in [-0.2, -0.15) is 18.3 Å². The van der Waals surface area contributed by atoms with Gasteiger partial charge in [0.05, 0.1) is 24.6 Å². The van der Waals surface area contributed by atoms with Gasteiger partial charge in [-0.1, -0.05) is 12.1 Å². The molecule has 2 rings (SSSR count). The summed E-state index contributed by atoms with van der Waals surface area (Å²) in [7, 11) is 1.43. The van der Waals surface area contributed by atoms with Gasteiger partial charge in [-0.25, -0.2) is 0 Å². The first-order chi connectivity index (χ1) is 11.8. The van der Waals surface area contributed by atoms with Gasteiger partial charge in [-0.15, -0.1) is 6.58 Å². The second kappa shape index (κ2) is 7.74. The Morgan fingerprint density at radius 2 is 2.04 bits per heavy atom. The number of phenols is 1. The average Bonchev–Trinajstić information content (AvgIpc) is 2.57. The summed E-state index contributed by atoms with van der Waals surface area (Å²) in [6.07, 6.45) is -0.915. The van der Waals surface area contributed by atoms with Crippen molar-refractivity contribution in [3.63, 3.8) is 0 Å². The van der Waals surface area contributed by atoms with Crippen LogP contribution in [0.4, 0.5) is 18.9 Å². The van der Waals surface area contributed by atoms with Crippen LogP contribution >= 0.6 is 0 Å². The number of hydrazone groups is 1. The minimum Gasteiger partial charge on any atom is -0.504 e. The van der Waals surface area contributed by atoms with Crippen LogP contribution in [0.2, 0.25) is 0 Å². The maximum Gasteiger partial charge on any atom is 0.416 e. The molecule has 0 aliphatic carbocycles. The van der Waals surface area contributed by atoms with Crippen LogP contribution in [0.15, 0.2) is 54.2 Å². The number of phenolic OH excluding ortho intramolecular Hbond substituents is 1. The zero-order chi connectivity index (χ0) is 18.4. The number of nitrogens with one attached hydrogen (secondary N) is 1. The van der Waals surface area contributed by atoms with E-state index in [1.807, 2.05) is 0 Å². The van der Waals surface area contributed by atoms with E-state index in [1.54, 1.807) is 18.2 Å². The monoisotopic (exact) mass is 350 g/mol. The van der Waals surface area contributed by atoms with Gasteiger partial charge in [0.1, 0.15) is 0 Å². The molecule has 0 aliphatic heterocycles. The second-order valence-electron chi connectivity index (χ2n) is 5.17. The van der Waals surface area contributed by atoms with E-state index in [9.17, 15) is 18.3 Å². The molecule has 0 amide bonds. The number of aromatic hydroxyl groups is 1. The van der Waals surface area contributed by atoms with Gasteiger partial charge < -0.3 is 9.84 Å². The Kier molecular flexibility index (Phi) is 5.69. The van der Waals surface area contributed by atoms with Gasteiger partial charge in [-0.05, 0) is 42.3 Å². The lowest BCUT2D eigenvalue weighted by Gasteiger charge is -2.10. The number of nitrogens with zero attached hydrogens (tertiary/aromatic N) is 1. The fourth-order valence-electron chi connectivity index (χ4n) is 2.18. The first-order valence-corrected chi connectivity index (χ1v) is 7.32. The summed E-state index contributed by atoms with van der Waals surface area (Å²) in [5.41, 5.74) is 3.23. The zero-order valence-electron chi connectivity index (χ0n) is 13.5. The van der Waals surface area contributed by atoms with Gasteiger partial charge in [0.2, 0.25) is 0 Å². The molecule has 2 aromatic rings. The normalized spacial score (nSPS) is 11.5. The third-order valence-corrected chi connectivity index (χ3v) is 3.36. The van der Waals surface area contributed by atoms with Crippen LogP contribution in [0.3, 0.4) is 0 Å². The Morgan fingerprint density at radius 1 is 1.28 bits per heavy atom. The maximum absolute atomic E-state index is 12.7. The Bertz CT molecular complexity index is 786. The third-order valence-electron chi connectivity index (χ3n) is 3.36. The molecule has 0 saturated heterocycles. The van der Waals surface area contributed by atoms with Crippen LogP contribution in [0.25, 0.3) is 0 Å². The van der Waals surface area contributed by atoms with Gasteiger partial charge >= 0.3 is 6.18 Å². The number of methoxy groups -OCH3 is 1. The molecular weight excluding hydrogens is 333 g/mol. The molecule has 0 aromatic heterocycles. The molecule has 0 atom stereocenters. The lowest BCUT2D eigenvalue weighted by Crippen LogP contribution is -2.05. The molecule has 0 fully saturated rings. The smallest absolute Gasteiger partial charge is 0.416 e. The predicted molar refractivity (Wildman–Crippen MR) is 91.2 cm³/mol. The lowest BCUT2D eigenvalue weighted by atomic mass is 10.1. The van der Waals surface area contributed by atoms with Crippen LogP contribution in [-0.4, -0.2) is 18.4 Å². The fraction of sp³-hybridized carbons (Fsp3) is 0.167. The number of hydrogen-bond acceptors (Lipinski definition) is 4. The van der Waals surface area contributed by atoms with E-state index in [0.717, 1.165) is 12.1 Å². The summed E-state index contributed by atoms with van der Waals surface area (Å²) < 4.78 is 43.1. The first-order valence-electron chi connectivity index (χ1n) is 7.32. The molecule has 0 radical (unpaired) electrons. The highest BCUT2D eigenvalue weighted by Crippen LogP contribution is 2.32. The largest absolute Gasteiger partial charge is 0.504 e. The fourth-order valence-corrected chi connectivity index (χ4v) is 2.18. The van der Waals surface area contributed by atoms with Gasteiger partial charge in [-0.3, -0.25) is 5.43 Å². The second-order valence-corrected chi connectivity index (χ2v) is 5.17. The van der Waals surface area contributed by atoms with Crippen molar-refractivity contribution in [2.75, 3.05) is 12.5 Å². The summed E-state index contributed by atoms with van der Waals surface area (Å²) in [5, 5.41) is 14.0. The highest BCUT2D eigenvalue weighted by molar-refractivity contribution is 5.82. The number of allylic oxidation sites excluding steroid dienone is 1. The van der Waals surface area contributed by atoms with Crippen molar-refractivity contribution in [2.24, 2.45) is 5.10 Å². The molecule has 4 nitrogen and oxygen atoms in total. The molecule has 0 bridgehead atoms. The SMILES string of the molecule is C=CCc1cc(C=NNc2cccc(C(F)(F)F)c2)cc(OC)c1O. The number of alkyl halides is 3. The Balaban J connectivity index is 2.20. The number of rotatable bonds is 6. The lowest BCUT2D eigenvalue weighted by molar-refractivity contribution is -0.137. The Hall–Kier alpha value is -2.96. The van der Waals surface area contributed by atoms with Crippen molar-refractivity contribution in [1.82, 2.24) is 0 Å². The number of benzene rings is 2. The van der Waals surface area contributed by atoms with E-state index in [0.29, 0.717) is 17.5 Å². The van der Waals surface area contributed by atoms with Crippen LogP contribution in [0.5, 0.6) is 11.5 Å². The summed E-state index contributed by atoms with van der Waals surface area (Å²) in [4.78, 5) is 0. The van der Waals surface area contributed by atoms with Gasteiger partial charge in [0.25, 0.3) is 0 Å². The molecule has 25 heavy (non-hydrogen) atoms. The number of hydrogen-bond donors (Lipinski definition) is 2. The Labute approximate surface area is 143 Å². The van der Waals surface area contributed by atoms with Crippen LogP contribution < -0.4 is 10.2 Å². The van der Waals surface area contributed by atoms with E-state index in [4.69, 9.17) is 4.74 Å². The van der Waals surface area contributed by atoms with Crippen LogP contribution in [0.1, 0.15) is 16.7 Å². The zero-order valence-corrected chi connectivity index (χ0v) is 13.5. The third kappa shape index (κ3) is 4.76. The first kappa shape index (κ1) is 18.4. The van der Waals surface area contributed by atoms with E-state index < -0.39 is 11.7 Å². The average molecular weight is 350 g/mol. The minimum absolute atomic E-state index is 0.0189. The number of ether oxygens (including phenoxy) is 1. The van der Waals surface area contributed by atoms with Crippen LogP contribution in [-0.2, 0) is 12.6 Å². The van der Waals surface area contributed by atoms with Crippen molar-refractivity contribution in [3.8, 4) is 11.5 Å². The topological polar surface area (TPSA) is 53.9 Å². The highest BCUT2D eigenvalue weighted by Gasteiger charge is 2.30. The number of anilines is 1. The molecule has 0 heterocycles. The Morgan fingerprint density at radius 3 is 2.68 bits per heavy atom. The van der Waals surface area contributed by atoms with E-state index in [-0.39, 0.29) is 17.2 Å². The maximum atomic E-state index is 12.7. The molecular formula is C18H17F3N2O2. The van der Waals surface area contributed by atoms with E-state index in [2.05, 4.69) is 17.1 Å². The summed E-state index contributed by atoms with van der Waals surface area (Å²) in [5.74, 6) is 0.297. The van der Waals surface area contributed by atoms with Crippen molar-refractivity contribution in [3.05, 3.63) is 65.7 Å². The van der Waals surface area contributed by atoms with Crippen molar-refractivity contribution >= 4 is 11.9 Å². The van der Waals surface area contributed by atoms with E-state index >= 15 is 0 Å². The molecule has 0 spiro atoms. The van der Waals surface area contributed by atoms with Crippen LogP contribution in [0, 0.1) is 0 Å². The summed E-state index contributed by atoms with van der Waals surface area (Å²) in [6, 6.07) is 7.99. The van der Waals surface area contributed by atoms with Gasteiger partial charge in [0, 0.05) is 5.56 Å². The molecule has 0 aliphatic rings. The predicted octanol–water partition coefficient (Wildman–Crippen LogP) is 4.59. The molecule has 0 unspecified atom stereocenters. The minimum atomic E-state index is -4.41. The molecule has 2 aromatic carbocycles. The summed E-state index contributed by atoms with van der Waals surface area (Å²) in [6.45, 7) is 3.62. The highest BCUT2D eigenvalue weighted by atomic mass is 19.4. The number of halogens is 3. The molecule has 0 saturated carbocycles. The standard InChI is InChI=1S/C18H17F3N2O2/c1-3-5-13-8-12(9-16(25-2)17(13)24)11-22-23-15-7-4-6-14(10-15)18(19,20)21/h3-4,6-11,23-24H,1,5H2,2H3. The summed E-state index contributed by atoms with van der Waals surface area (Å²) >= 11 is 0. The molecule has 2 N–H and O–H groups in total. The van der Waals surface area contributed by atoms with Gasteiger partial charge in [0.15, 0.2) is 11.5 Å². The van der Waals surface area contributed by atoms with Crippen molar-refractivity contribution < 1.29 is 23.0 Å². The molecule has 132 valence electrons. The van der Waals surface area contributed by atoms with Crippen molar-refractivity contribution in [2.45, 2.75) is 12.6 Å². The quantitative estimate of drug-likeness (QED) is 0.455. The molecule has 7 heteroatoms. The van der Waals surface area contributed by atoms with E-state index in [1.165, 1.54) is 25.5 Å². The van der Waals surface area contributed by atoms with Crippen molar-refractivity contribution in [1.29, 1.82) is 0 Å².